The summed E-state index contributed by atoms with van der Waals surface area (Å²) in [6, 6.07) is 15.9. The molecule has 0 unspecified atom stereocenters. The van der Waals surface area contributed by atoms with Crippen LogP contribution >= 0.6 is 0 Å². The SMILES string of the molecule is O=C(N[C@H]1CCCc2ccccc21)[C@@H]1CCCCN1S(=O)(=O)c1ccccc1. The Morgan fingerprint density at radius 1 is 0.929 bits per heavy atom. The number of hydrogen-bond acceptors (Lipinski definition) is 3. The quantitative estimate of drug-likeness (QED) is 0.858. The second kappa shape index (κ2) is 8.05. The average molecular weight is 399 g/mol. The van der Waals surface area contributed by atoms with E-state index >= 15 is 0 Å². The van der Waals surface area contributed by atoms with Crippen molar-refractivity contribution < 1.29 is 13.2 Å². The zero-order valence-electron chi connectivity index (χ0n) is 15.9. The Morgan fingerprint density at radius 2 is 1.68 bits per heavy atom. The van der Waals surface area contributed by atoms with Gasteiger partial charge < -0.3 is 5.32 Å². The fraction of sp³-hybridized carbons (Fsp3) is 0.409. The highest BCUT2D eigenvalue weighted by Crippen LogP contribution is 2.31. The van der Waals surface area contributed by atoms with Crippen molar-refractivity contribution in [3.05, 3.63) is 65.7 Å². The number of carbonyl (C=O) groups is 1. The summed E-state index contributed by atoms with van der Waals surface area (Å²) in [6.07, 6.45) is 5.15. The van der Waals surface area contributed by atoms with Gasteiger partial charge >= 0.3 is 0 Å². The van der Waals surface area contributed by atoms with Gasteiger partial charge in [-0.05, 0) is 55.4 Å². The molecule has 0 spiro atoms. The van der Waals surface area contributed by atoms with Gasteiger partial charge in [-0.2, -0.15) is 4.31 Å². The van der Waals surface area contributed by atoms with Crippen molar-refractivity contribution in [3.63, 3.8) is 0 Å². The van der Waals surface area contributed by atoms with E-state index in [9.17, 15) is 13.2 Å². The van der Waals surface area contributed by atoms with E-state index in [0.717, 1.165) is 37.7 Å². The number of hydrogen-bond donors (Lipinski definition) is 1. The molecule has 6 heteroatoms. The third kappa shape index (κ3) is 3.71. The molecule has 4 rings (SSSR count). The number of carbonyl (C=O) groups excluding carboxylic acids is 1. The summed E-state index contributed by atoms with van der Waals surface area (Å²) in [7, 11) is -3.69. The van der Waals surface area contributed by atoms with Crippen LogP contribution in [-0.4, -0.2) is 31.2 Å². The summed E-state index contributed by atoms with van der Waals surface area (Å²) in [6.45, 7) is 0.385. The van der Waals surface area contributed by atoms with E-state index in [2.05, 4.69) is 17.4 Å². The molecule has 2 atom stereocenters. The highest BCUT2D eigenvalue weighted by atomic mass is 32.2. The summed E-state index contributed by atoms with van der Waals surface area (Å²) in [5, 5.41) is 3.15. The van der Waals surface area contributed by atoms with E-state index in [4.69, 9.17) is 0 Å². The van der Waals surface area contributed by atoms with Crippen LogP contribution in [0.2, 0.25) is 0 Å². The summed E-state index contributed by atoms with van der Waals surface area (Å²) in [5.41, 5.74) is 2.44. The monoisotopic (exact) mass is 398 g/mol. The number of fused-ring (bicyclic) bond motifs is 1. The standard InChI is InChI=1S/C22H26N2O3S/c25-22(23-20-14-8-10-17-9-4-5-13-19(17)20)21-15-6-7-16-24(21)28(26,27)18-11-2-1-3-12-18/h1-5,9,11-13,20-21H,6-8,10,14-16H2,(H,23,25)/t20-,21-/m0/s1. The molecule has 1 N–H and O–H groups in total. The molecule has 0 saturated carbocycles. The molecule has 1 aliphatic carbocycles. The lowest BCUT2D eigenvalue weighted by atomic mass is 9.87. The van der Waals surface area contributed by atoms with E-state index in [1.165, 1.54) is 9.87 Å². The van der Waals surface area contributed by atoms with Gasteiger partial charge in [0.15, 0.2) is 0 Å². The maximum Gasteiger partial charge on any atom is 0.243 e. The van der Waals surface area contributed by atoms with Crippen molar-refractivity contribution in [1.29, 1.82) is 0 Å². The van der Waals surface area contributed by atoms with Crippen LogP contribution in [0.4, 0.5) is 0 Å². The summed E-state index contributed by atoms with van der Waals surface area (Å²) >= 11 is 0. The molecule has 28 heavy (non-hydrogen) atoms. The fourth-order valence-electron chi connectivity index (χ4n) is 4.35. The second-order valence-electron chi connectivity index (χ2n) is 7.59. The van der Waals surface area contributed by atoms with Gasteiger partial charge in [0.1, 0.15) is 6.04 Å². The molecule has 0 bridgehead atoms. The van der Waals surface area contributed by atoms with Crippen LogP contribution in [0.3, 0.4) is 0 Å². The van der Waals surface area contributed by atoms with Crippen LogP contribution in [0, 0.1) is 0 Å². The Kier molecular flexibility index (Phi) is 5.51. The van der Waals surface area contributed by atoms with Crippen molar-refractivity contribution >= 4 is 15.9 Å². The first-order valence-corrected chi connectivity index (χ1v) is 11.5. The Hall–Kier alpha value is -2.18. The molecule has 2 aromatic carbocycles. The smallest absolute Gasteiger partial charge is 0.243 e. The molecule has 1 saturated heterocycles. The predicted molar refractivity (Wildman–Crippen MR) is 108 cm³/mol. The van der Waals surface area contributed by atoms with E-state index in [1.54, 1.807) is 30.3 Å². The van der Waals surface area contributed by atoms with Gasteiger partial charge in [0.25, 0.3) is 0 Å². The molecule has 0 aromatic heterocycles. The maximum atomic E-state index is 13.1. The molecule has 1 aliphatic heterocycles. The number of aryl methyl sites for hydroxylation is 1. The average Bonchev–Trinajstić information content (AvgIpc) is 2.74. The number of nitrogens with one attached hydrogen (secondary N) is 1. The number of piperidine rings is 1. The lowest BCUT2D eigenvalue weighted by molar-refractivity contribution is -0.126. The van der Waals surface area contributed by atoms with Gasteiger partial charge in [-0.25, -0.2) is 8.42 Å². The van der Waals surface area contributed by atoms with Gasteiger partial charge in [0.2, 0.25) is 15.9 Å². The summed E-state index contributed by atoms with van der Waals surface area (Å²) < 4.78 is 27.7. The van der Waals surface area contributed by atoms with Gasteiger partial charge in [0.05, 0.1) is 10.9 Å². The largest absolute Gasteiger partial charge is 0.348 e. The van der Waals surface area contributed by atoms with Gasteiger partial charge in [-0.3, -0.25) is 4.79 Å². The Labute approximate surface area is 166 Å². The summed E-state index contributed by atoms with van der Waals surface area (Å²) in [4.78, 5) is 13.4. The molecule has 1 amide bonds. The van der Waals surface area contributed by atoms with Crippen LogP contribution in [0.25, 0.3) is 0 Å². The molecule has 1 heterocycles. The number of benzene rings is 2. The van der Waals surface area contributed by atoms with Gasteiger partial charge in [-0.1, -0.05) is 48.9 Å². The van der Waals surface area contributed by atoms with Crippen LogP contribution in [-0.2, 0) is 21.2 Å². The lowest BCUT2D eigenvalue weighted by Gasteiger charge is -2.35. The van der Waals surface area contributed by atoms with Gasteiger partial charge in [0, 0.05) is 6.54 Å². The number of sulfonamides is 1. The zero-order valence-corrected chi connectivity index (χ0v) is 16.7. The van der Waals surface area contributed by atoms with Crippen molar-refractivity contribution in [2.45, 2.75) is 55.5 Å². The Balaban J connectivity index is 1.56. The zero-order chi connectivity index (χ0) is 19.6. The second-order valence-corrected chi connectivity index (χ2v) is 9.48. The van der Waals surface area contributed by atoms with Crippen LogP contribution in [0.15, 0.2) is 59.5 Å². The normalized spacial score (nSPS) is 23.0. The molecule has 5 nitrogen and oxygen atoms in total. The van der Waals surface area contributed by atoms with E-state index in [0.29, 0.717) is 13.0 Å². The van der Waals surface area contributed by atoms with Crippen molar-refractivity contribution in [2.24, 2.45) is 0 Å². The number of nitrogens with zero attached hydrogens (tertiary/aromatic N) is 1. The first kappa shape index (κ1) is 19.2. The van der Waals surface area contributed by atoms with Gasteiger partial charge in [-0.15, -0.1) is 0 Å². The first-order valence-electron chi connectivity index (χ1n) is 10.0. The molecule has 148 valence electrons. The van der Waals surface area contributed by atoms with E-state index < -0.39 is 16.1 Å². The molecular weight excluding hydrogens is 372 g/mol. The van der Waals surface area contributed by atoms with Crippen LogP contribution in [0.5, 0.6) is 0 Å². The van der Waals surface area contributed by atoms with Crippen LogP contribution < -0.4 is 5.32 Å². The molecule has 2 aliphatic rings. The number of amides is 1. The highest BCUT2D eigenvalue weighted by Gasteiger charge is 2.38. The maximum absolute atomic E-state index is 13.1. The van der Waals surface area contributed by atoms with Crippen molar-refractivity contribution in [2.75, 3.05) is 6.54 Å². The first-order chi connectivity index (χ1) is 13.6. The highest BCUT2D eigenvalue weighted by molar-refractivity contribution is 7.89. The lowest BCUT2D eigenvalue weighted by Crippen LogP contribution is -2.52. The molecule has 2 aromatic rings. The number of rotatable bonds is 4. The Bertz CT molecular complexity index is 943. The Morgan fingerprint density at radius 3 is 2.50 bits per heavy atom. The molecule has 0 radical (unpaired) electrons. The fourth-order valence-corrected chi connectivity index (χ4v) is 6.03. The van der Waals surface area contributed by atoms with Crippen molar-refractivity contribution in [1.82, 2.24) is 9.62 Å². The van der Waals surface area contributed by atoms with E-state index in [-0.39, 0.29) is 16.8 Å². The molecular formula is C22H26N2O3S. The topological polar surface area (TPSA) is 66.5 Å². The minimum atomic E-state index is -3.69. The third-order valence-electron chi connectivity index (χ3n) is 5.79. The van der Waals surface area contributed by atoms with Crippen LogP contribution in [0.1, 0.15) is 49.3 Å². The minimum absolute atomic E-state index is 0.0411. The summed E-state index contributed by atoms with van der Waals surface area (Å²) in [5.74, 6) is -0.180. The molecule has 1 fully saturated rings. The van der Waals surface area contributed by atoms with E-state index in [1.807, 2.05) is 12.1 Å². The van der Waals surface area contributed by atoms with Crippen molar-refractivity contribution in [3.8, 4) is 0 Å². The minimum Gasteiger partial charge on any atom is -0.348 e. The predicted octanol–water partition coefficient (Wildman–Crippen LogP) is 3.42. The third-order valence-corrected chi connectivity index (χ3v) is 7.71.